The van der Waals surface area contributed by atoms with Gasteiger partial charge in [-0.1, -0.05) is 13.8 Å². The molecule has 2 aliphatic rings. The third-order valence-corrected chi connectivity index (χ3v) is 4.80. The van der Waals surface area contributed by atoms with Crippen LogP contribution < -0.4 is 5.32 Å². The van der Waals surface area contributed by atoms with Crippen molar-refractivity contribution in [2.45, 2.75) is 46.0 Å². The molecule has 2 heterocycles. The van der Waals surface area contributed by atoms with E-state index in [0.717, 1.165) is 18.4 Å². The Morgan fingerprint density at radius 3 is 2.35 bits per heavy atom. The number of likely N-dealkylation sites (tertiary alicyclic amines) is 2. The quantitative estimate of drug-likeness (QED) is 0.689. The van der Waals surface area contributed by atoms with Crippen molar-refractivity contribution in [1.29, 1.82) is 0 Å². The first-order valence-electron chi connectivity index (χ1n) is 8.89. The minimum atomic E-state index is 0.774. The number of hydrogen-bond acceptors (Lipinski definition) is 3. The molecule has 2 aliphatic heterocycles. The monoisotopic (exact) mass is 281 g/mol. The Kier molecular flexibility index (Phi) is 7.32. The minimum absolute atomic E-state index is 0.774. The van der Waals surface area contributed by atoms with Crippen LogP contribution >= 0.6 is 0 Å². The summed E-state index contributed by atoms with van der Waals surface area (Å²) in [6, 6.07) is 0. The molecule has 2 rings (SSSR count). The molecule has 0 unspecified atom stereocenters. The molecule has 3 heteroatoms. The van der Waals surface area contributed by atoms with Crippen molar-refractivity contribution in [3.8, 4) is 0 Å². The highest BCUT2D eigenvalue weighted by molar-refractivity contribution is 4.77. The summed E-state index contributed by atoms with van der Waals surface area (Å²) < 4.78 is 0. The molecule has 0 radical (unpaired) electrons. The van der Waals surface area contributed by atoms with Crippen LogP contribution in [0, 0.1) is 11.8 Å². The molecular weight excluding hydrogens is 246 g/mol. The number of piperidine rings is 1. The van der Waals surface area contributed by atoms with Gasteiger partial charge in [0.2, 0.25) is 0 Å². The molecule has 0 saturated carbocycles. The lowest BCUT2D eigenvalue weighted by Gasteiger charge is -2.33. The van der Waals surface area contributed by atoms with Gasteiger partial charge < -0.3 is 15.1 Å². The summed E-state index contributed by atoms with van der Waals surface area (Å²) >= 11 is 0. The second-order valence-corrected chi connectivity index (χ2v) is 7.24. The maximum absolute atomic E-state index is 3.55. The average Bonchev–Trinajstić information content (AvgIpc) is 2.93. The van der Waals surface area contributed by atoms with Crippen molar-refractivity contribution >= 4 is 0 Å². The normalized spacial score (nSPS) is 22.9. The first-order chi connectivity index (χ1) is 9.74. The highest BCUT2D eigenvalue weighted by Gasteiger charge is 2.22. The van der Waals surface area contributed by atoms with E-state index in [1.807, 2.05) is 0 Å². The third-order valence-electron chi connectivity index (χ3n) is 4.80. The first kappa shape index (κ1) is 16.3. The smallest absolute Gasteiger partial charge is 0.00106 e. The Morgan fingerprint density at radius 2 is 1.70 bits per heavy atom. The highest BCUT2D eigenvalue weighted by atomic mass is 15.2. The van der Waals surface area contributed by atoms with Crippen molar-refractivity contribution in [2.24, 2.45) is 11.8 Å². The van der Waals surface area contributed by atoms with E-state index in [1.165, 1.54) is 77.9 Å². The molecule has 0 aromatic carbocycles. The van der Waals surface area contributed by atoms with Crippen LogP contribution in [0.25, 0.3) is 0 Å². The van der Waals surface area contributed by atoms with Crippen LogP contribution in [0.3, 0.4) is 0 Å². The summed E-state index contributed by atoms with van der Waals surface area (Å²) in [4.78, 5) is 5.37. The SMILES string of the molecule is CC(C)CNCCCN1CCC(CN2CCCC2)CC1. The summed E-state index contributed by atoms with van der Waals surface area (Å²) in [5.41, 5.74) is 0. The lowest BCUT2D eigenvalue weighted by atomic mass is 9.96. The van der Waals surface area contributed by atoms with Gasteiger partial charge in [-0.05, 0) is 89.8 Å². The lowest BCUT2D eigenvalue weighted by Crippen LogP contribution is -2.39. The molecule has 0 atom stereocenters. The Morgan fingerprint density at radius 1 is 1.00 bits per heavy atom. The van der Waals surface area contributed by atoms with Crippen molar-refractivity contribution in [1.82, 2.24) is 15.1 Å². The molecule has 0 aromatic heterocycles. The second-order valence-electron chi connectivity index (χ2n) is 7.24. The summed E-state index contributed by atoms with van der Waals surface area (Å²) in [6.07, 6.45) is 7.03. The fourth-order valence-electron chi connectivity index (χ4n) is 3.54. The predicted octanol–water partition coefficient (Wildman–Crippen LogP) is 2.43. The zero-order valence-electron chi connectivity index (χ0n) is 13.7. The third kappa shape index (κ3) is 6.11. The van der Waals surface area contributed by atoms with Gasteiger partial charge in [0, 0.05) is 6.54 Å². The van der Waals surface area contributed by atoms with Gasteiger partial charge in [-0.3, -0.25) is 0 Å². The van der Waals surface area contributed by atoms with Crippen molar-refractivity contribution in [3.63, 3.8) is 0 Å². The van der Waals surface area contributed by atoms with Crippen LogP contribution in [0.15, 0.2) is 0 Å². The number of hydrogen-bond donors (Lipinski definition) is 1. The maximum atomic E-state index is 3.55. The van der Waals surface area contributed by atoms with Crippen molar-refractivity contribution < 1.29 is 0 Å². The molecule has 2 saturated heterocycles. The Labute approximate surface area is 126 Å². The molecule has 1 N–H and O–H groups in total. The van der Waals surface area contributed by atoms with E-state index >= 15 is 0 Å². The molecule has 2 fully saturated rings. The zero-order valence-corrected chi connectivity index (χ0v) is 13.7. The van der Waals surface area contributed by atoms with Crippen molar-refractivity contribution in [2.75, 3.05) is 52.4 Å². The van der Waals surface area contributed by atoms with E-state index in [4.69, 9.17) is 0 Å². The van der Waals surface area contributed by atoms with E-state index in [9.17, 15) is 0 Å². The van der Waals surface area contributed by atoms with Gasteiger partial charge in [0.15, 0.2) is 0 Å². The van der Waals surface area contributed by atoms with E-state index in [-0.39, 0.29) is 0 Å². The average molecular weight is 281 g/mol. The van der Waals surface area contributed by atoms with Crippen LogP contribution in [0.4, 0.5) is 0 Å². The first-order valence-corrected chi connectivity index (χ1v) is 8.89. The fourth-order valence-corrected chi connectivity index (χ4v) is 3.54. The molecule has 0 amide bonds. The number of rotatable bonds is 8. The van der Waals surface area contributed by atoms with Crippen molar-refractivity contribution in [3.05, 3.63) is 0 Å². The van der Waals surface area contributed by atoms with Gasteiger partial charge in [-0.15, -0.1) is 0 Å². The van der Waals surface area contributed by atoms with E-state index in [2.05, 4.69) is 29.0 Å². The molecule has 0 bridgehead atoms. The highest BCUT2D eigenvalue weighted by Crippen LogP contribution is 2.20. The predicted molar refractivity (Wildman–Crippen MR) is 87.2 cm³/mol. The van der Waals surface area contributed by atoms with Crippen LogP contribution in [-0.2, 0) is 0 Å². The molecule has 3 nitrogen and oxygen atoms in total. The van der Waals surface area contributed by atoms with Crippen LogP contribution in [-0.4, -0.2) is 62.2 Å². The summed E-state index contributed by atoms with van der Waals surface area (Å²) in [5, 5.41) is 3.55. The maximum Gasteiger partial charge on any atom is 0.00106 e. The van der Waals surface area contributed by atoms with E-state index in [1.54, 1.807) is 0 Å². The van der Waals surface area contributed by atoms with Crippen LogP contribution in [0.1, 0.15) is 46.0 Å². The molecule has 0 spiro atoms. The van der Waals surface area contributed by atoms with E-state index < -0.39 is 0 Å². The number of nitrogens with one attached hydrogen (secondary N) is 1. The zero-order chi connectivity index (χ0) is 14.2. The Hall–Kier alpha value is -0.120. The topological polar surface area (TPSA) is 18.5 Å². The molecule has 0 aliphatic carbocycles. The Bertz CT molecular complexity index is 241. The van der Waals surface area contributed by atoms with Gasteiger partial charge in [0.25, 0.3) is 0 Å². The summed E-state index contributed by atoms with van der Waals surface area (Å²) in [5.74, 6) is 1.75. The molecule has 118 valence electrons. The standard InChI is InChI=1S/C17H35N3/c1-16(2)14-18-8-5-11-19-12-6-17(7-13-19)15-20-9-3-4-10-20/h16-18H,3-15H2,1-2H3. The summed E-state index contributed by atoms with van der Waals surface area (Å²) in [6.45, 7) is 15.0. The molecule has 0 aromatic rings. The van der Waals surface area contributed by atoms with Gasteiger partial charge in [-0.25, -0.2) is 0 Å². The molecular formula is C17H35N3. The lowest BCUT2D eigenvalue weighted by molar-refractivity contribution is 0.153. The van der Waals surface area contributed by atoms with E-state index in [0.29, 0.717) is 0 Å². The number of nitrogens with zero attached hydrogens (tertiary/aromatic N) is 2. The Balaban J connectivity index is 1.48. The van der Waals surface area contributed by atoms with Crippen LogP contribution in [0.5, 0.6) is 0 Å². The molecule has 20 heavy (non-hydrogen) atoms. The second kappa shape index (κ2) is 9.01. The summed E-state index contributed by atoms with van der Waals surface area (Å²) in [7, 11) is 0. The van der Waals surface area contributed by atoms with Gasteiger partial charge in [0.05, 0.1) is 0 Å². The minimum Gasteiger partial charge on any atom is -0.316 e. The van der Waals surface area contributed by atoms with Crippen LogP contribution in [0.2, 0.25) is 0 Å². The van der Waals surface area contributed by atoms with Gasteiger partial charge >= 0.3 is 0 Å². The van der Waals surface area contributed by atoms with Gasteiger partial charge in [0.1, 0.15) is 0 Å². The van der Waals surface area contributed by atoms with Gasteiger partial charge in [-0.2, -0.15) is 0 Å². The fraction of sp³-hybridized carbons (Fsp3) is 1.00. The largest absolute Gasteiger partial charge is 0.316 e.